The van der Waals surface area contributed by atoms with Crippen molar-refractivity contribution >= 4 is 17.4 Å². The summed E-state index contributed by atoms with van der Waals surface area (Å²) in [6, 6.07) is 8.96. The van der Waals surface area contributed by atoms with Crippen LogP contribution in [-0.2, 0) is 14.4 Å². The van der Waals surface area contributed by atoms with Crippen molar-refractivity contribution in [2.45, 2.75) is 20.8 Å². The number of hydrogen-bond acceptors (Lipinski definition) is 3. The highest BCUT2D eigenvalue weighted by molar-refractivity contribution is 6.18. The maximum absolute atomic E-state index is 11.7. The Morgan fingerprint density at radius 2 is 1.72 bits per heavy atom. The van der Waals surface area contributed by atoms with Crippen LogP contribution in [-0.4, -0.2) is 11.9 Å². The van der Waals surface area contributed by atoms with Gasteiger partial charge in [0.2, 0.25) is 0 Å². The van der Waals surface area contributed by atoms with Gasteiger partial charge in [0.15, 0.2) is 0 Å². The molecule has 1 rings (SSSR count). The zero-order valence-corrected chi connectivity index (χ0v) is 10.8. The molecule has 0 aliphatic heterocycles. The minimum absolute atomic E-state index is 0.248. The van der Waals surface area contributed by atoms with E-state index in [1.807, 2.05) is 6.07 Å². The van der Waals surface area contributed by atoms with E-state index >= 15 is 0 Å². The quantitative estimate of drug-likeness (QED) is 0.644. The molecule has 0 aliphatic carbocycles. The molecule has 0 heterocycles. The lowest BCUT2D eigenvalue weighted by atomic mass is 9.98. The number of carbonyl (C=O) groups is 2. The first-order valence-electron chi connectivity index (χ1n) is 5.58. The summed E-state index contributed by atoms with van der Waals surface area (Å²) in [4.78, 5) is 27.9. The Labute approximate surface area is 107 Å². The van der Waals surface area contributed by atoms with Gasteiger partial charge in [-0.3, -0.25) is 4.79 Å². The van der Waals surface area contributed by atoms with Gasteiger partial charge in [-0.1, -0.05) is 36.9 Å². The third-order valence-corrected chi connectivity index (χ3v) is 2.25. The fourth-order valence-electron chi connectivity index (χ4n) is 1.08. The average molecular weight is 247 g/mol. The molecule has 0 unspecified atom stereocenters. The van der Waals surface area contributed by atoms with Gasteiger partial charge in [-0.25, -0.2) is 4.79 Å². The maximum atomic E-state index is 11.7. The van der Waals surface area contributed by atoms with E-state index < -0.39 is 17.3 Å². The van der Waals surface area contributed by atoms with Gasteiger partial charge in [0, 0.05) is 5.57 Å². The third kappa shape index (κ3) is 3.73. The maximum Gasteiger partial charge on any atom is 0.337 e. The van der Waals surface area contributed by atoms with Crippen LogP contribution in [0, 0.1) is 5.41 Å². The summed E-state index contributed by atoms with van der Waals surface area (Å²) < 4.78 is 0. The molecule has 0 spiro atoms. The molecule has 1 amide bonds. The number of carbonyl (C=O) groups excluding carboxylic acids is 2. The Kier molecular flexibility index (Phi) is 4.26. The number of hydrogen-bond donors (Lipinski definition) is 1. The van der Waals surface area contributed by atoms with E-state index in [0.717, 1.165) is 0 Å². The molecule has 0 fully saturated rings. The normalized spacial score (nSPS) is 10.6. The largest absolute Gasteiger partial charge is 0.340 e. The molecule has 18 heavy (non-hydrogen) atoms. The smallest absolute Gasteiger partial charge is 0.337 e. The molecule has 1 N–H and O–H groups in total. The van der Waals surface area contributed by atoms with Crippen molar-refractivity contribution in [2.75, 3.05) is 0 Å². The summed E-state index contributed by atoms with van der Waals surface area (Å²) in [5.74, 6) is -1.03. The van der Waals surface area contributed by atoms with Gasteiger partial charge in [-0.15, -0.1) is 0 Å². The predicted molar refractivity (Wildman–Crippen MR) is 69.2 cm³/mol. The number of hydroxylamine groups is 1. The SMILES string of the molecule is C=C(C(=O)NOC(=O)C(C)(C)C)c1ccccc1. The van der Waals surface area contributed by atoms with Crippen LogP contribution in [0.1, 0.15) is 26.3 Å². The van der Waals surface area contributed by atoms with Gasteiger partial charge < -0.3 is 4.84 Å². The molecule has 0 atom stereocenters. The summed E-state index contributed by atoms with van der Waals surface area (Å²) in [6.45, 7) is 8.77. The molecule has 1 aromatic rings. The molecule has 0 radical (unpaired) electrons. The first kappa shape index (κ1) is 14.0. The highest BCUT2D eigenvalue weighted by atomic mass is 16.7. The van der Waals surface area contributed by atoms with Gasteiger partial charge >= 0.3 is 5.97 Å². The lowest BCUT2D eigenvalue weighted by molar-refractivity contribution is -0.164. The number of nitrogens with one attached hydrogen (secondary N) is 1. The molecule has 0 saturated heterocycles. The minimum Gasteiger partial charge on any atom is -0.340 e. The van der Waals surface area contributed by atoms with Gasteiger partial charge in [0.05, 0.1) is 5.41 Å². The lowest BCUT2D eigenvalue weighted by Crippen LogP contribution is -2.33. The van der Waals surface area contributed by atoms with E-state index in [4.69, 9.17) is 4.84 Å². The summed E-state index contributed by atoms with van der Waals surface area (Å²) in [5, 5.41) is 0. The van der Waals surface area contributed by atoms with Crippen LogP contribution >= 0.6 is 0 Å². The van der Waals surface area contributed by atoms with Crippen LogP contribution in [0.25, 0.3) is 5.57 Å². The van der Waals surface area contributed by atoms with Crippen LogP contribution in [0.2, 0.25) is 0 Å². The minimum atomic E-state index is -0.665. The Morgan fingerprint density at radius 1 is 1.17 bits per heavy atom. The Bertz CT molecular complexity index is 458. The third-order valence-electron chi connectivity index (χ3n) is 2.25. The molecule has 4 nitrogen and oxygen atoms in total. The van der Waals surface area contributed by atoms with Gasteiger partial charge in [-0.05, 0) is 26.3 Å². The first-order chi connectivity index (χ1) is 8.32. The van der Waals surface area contributed by atoms with E-state index in [-0.39, 0.29) is 5.57 Å². The van der Waals surface area contributed by atoms with Crippen molar-refractivity contribution in [3.05, 3.63) is 42.5 Å². The number of amides is 1. The highest BCUT2D eigenvalue weighted by Gasteiger charge is 2.24. The predicted octanol–water partition coefficient (Wildman–Crippen LogP) is 2.32. The van der Waals surface area contributed by atoms with Crippen molar-refractivity contribution in [2.24, 2.45) is 5.41 Å². The second-order valence-corrected chi connectivity index (χ2v) is 4.92. The summed E-state index contributed by atoms with van der Waals surface area (Å²) >= 11 is 0. The zero-order chi connectivity index (χ0) is 13.8. The monoisotopic (exact) mass is 247 g/mol. The standard InChI is InChI=1S/C14H17NO3/c1-10(11-8-6-5-7-9-11)12(16)15-18-13(17)14(2,3)4/h5-9H,1H2,2-4H3,(H,15,16). The average Bonchev–Trinajstić information content (AvgIpc) is 2.34. The molecule has 0 aliphatic rings. The zero-order valence-electron chi connectivity index (χ0n) is 10.8. The van der Waals surface area contributed by atoms with Crippen molar-refractivity contribution < 1.29 is 14.4 Å². The van der Waals surface area contributed by atoms with E-state index in [1.54, 1.807) is 45.0 Å². The number of rotatable bonds is 2. The topological polar surface area (TPSA) is 55.4 Å². The lowest BCUT2D eigenvalue weighted by Gasteiger charge is -2.16. The van der Waals surface area contributed by atoms with Gasteiger partial charge in [0.25, 0.3) is 5.91 Å². The second kappa shape index (κ2) is 5.49. The van der Waals surface area contributed by atoms with Crippen LogP contribution < -0.4 is 5.48 Å². The molecule has 0 bridgehead atoms. The van der Waals surface area contributed by atoms with Gasteiger partial charge in [-0.2, -0.15) is 5.48 Å². The first-order valence-corrected chi connectivity index (χ1v) is 5.58. The Morgan fingerprint density at radius 3 is 2.22 bits per heavy atom. The molecular weight excluding hydrogens is 230 g/mol. The molecule has 0 saturated carbocycles. The number of benzene rings is 1. The molecule has 4 heteroatoms. The van der Waals surface area contributed by atoms with Crippen LogP contribution in [0.15, 0.2) is 36.9 Å². The van der Waals surface area contributed by atoms with E-state index in [0.29, 0.717) is 5.56 Å². The van der Waals surface area contributed by atoms with Crippen LogP contribution in [0.5, 0.6) is 0 Å². The summed E-state index contributed by atoms with van der Waals surface area (Å²) in [5.41, 5.74) is 2.36. The van der Waals surface area contributed by atoms with Crippen molar-refractivity contribution in [1.29, 1.82) is 0 Å². The molecule has 0 aromatic heterocycles. The molecular formula is C14H17NO3. The molecule has 96 valence electrons. The summed E-state index contributed by atoms with van der Waals surface area (Å²) in [7, 11) is 0. The Hall–Kier alpha value is -2.10. The van der Waals surface area contributed by atoms with Crippen molar-refractivity contribution in [1.82, 2.24) is 5.48 Å². The van der Waals surface area contributed by atoms with E-state index in [9.17, 15) is 9.59 Å². The Balaban J connectivity index is 2.58. The van der Waals surface area contributed by atoms with Crippen molar-refractivity contribution in [3.8, 4) is 0 Å². The highest BCUT2D eigenvalue weighted by Crippen LogP contribution is 2.15. The van der Waals surface area contributed by atoms with Crippen molar-refractivity contribution in [3.63, 3.8) is 0 Å². The van der Waals surface area contributed by atoms with Crippen LogP contribution in [0.4, 0.5) is 0 Å². The fourth-order valence-corrected chi connectivity index (χ4v) is 1.08. The van der Waals surface area contributed by atoms with Gasteiger partial charge in [0.1, 0.15) is 0 Å². The van der Waals surface area contributed by atoms with Crippen LogP contribution in [0.3, 0.4) is 0 Å². The van der Waals surface area contributed by atoms with E-state index in [2.05, 4.69) is 12.1 Å². The molecule has 1 aromatic carbocycles. The second-order valence-electron chi connectivity index (χ2n) is 4.92. The van der Waals surface area contributed by atoms with E-state index in [1.165, 1.54) is 0 Å². The summed E-state index contributed by atoms with van der Waals surface area (Å²) in [6.07, 6.45) is 0. The fraction of sp³-hybridized carbons (Fsp3) is 0.286.